The molecule has 4 atom stereocenters. The van der Waals surface area contributed by atoms with Gasteiger partial charge in [-0.3, -0.25) is 9.59 Å². The minimum Gasteiger partial charge on any atom is -0.464 e. The molecule has 4 rings (SSSR count). The number of piperidine rings is 1. The van der Waals surface area contributed by atoms with Crippen molar-refractivity contribution in [3.63, 3.8) is 0 Å². The molecule has 2 fully saturated rings. The average Bonchev–Trinajstić information content (AvgIpc) is 3.21. The van der Waals surface area contributed by atoms with Crippen molar-refractivity contribution in [3.8, 4) is 0 Å². The Kier molecular flexibility index (Phi) is 7.99. The molecule has 4 unspecified atom stereocenters. The van der Waals surface area contributed by atoms with Crippen LogP contribution in [0, 0.1) is 11.3 Å². The van der Waals surface area contributed by atoms with Crippen molar-refractivity contribution in [1.29, 1.82) is 0 Å². The van der Waals surface area contributed by atoms with Crippen molar-refractivity contribution in [1.82, 2.24) is 4.90 Å². The van der Waals surface area contributed by atoms with Crippen LogP contribution in [0.15, 0.2) is 48.5 Å². The fourth-order valence-corrected chi connectivity index (χ4v) is 7.28. The topological polar surface area (TPSA) is 80.8 Å². The van der Waals surface area contributed by atoms with Gasteiger partial charge in [-0.05, 0) is 61.6 Å². The van der Waals surface area contributed by atoms with Gasteiger partial charge in [-0.2, -0.15) is 0 Å². The van der Waals surface area contributed by atoms with Crippen LogP contribution < -0.4 is 0 Å². The zero-order valence-corrected chi connectivity index (χ0v) is 23.8. The van der Waals surface area contributed by atoms with E-state index in [0.29, 0.717) is 16.5 Å². The van der Waals surface area contributed by atoms with Gasteiger partial charge in [0.15, 0.2) is 9.84 Å². The summed E-state index contributed by atoms with van der Waals surface area (Å²) in [7, 11) is -3.50. The molecule has 0 saturated carbocycles. The van der Waals surface area contributed by atoms with Gasteiger partial charge in [0.05, 0.1) is 28.9 Å². The third kappa shape index (κ3) is 5.55. The van der Waals surface area contributed by atoms with E-state index in [1.807, 2.05) is 44.2 Å². The Labute approximate surface area is 229 Å². The van der Waals surface area contributed by atoms with Gasteiger partial charge >= 0.3 is 5.97 Å². The van der Waals surface area contributed by atoms with Gasteiger partial charge in [-0.1, -0.05) is 61.3 Å². The Hall–Kier alpha value is -2.09. The molecule has 0 N–H and O–H groups in total. The highest BCUT2D eigenvalue weighted by Gasteiger charge is 2.58. The first-order valence-corrected chi connectivity index (χ1v) is 15.0. The smallest absolute Gasteiger partial charge is 0.307 e. The second-order valence-electron chi connectivity index (χ2n) is 10.9. The number of likely N-dealkylation sites (tertiary alicyclic amines) is 1. The monoisotopic (exact) mass is 565 g/mol. The Bertz CT molecular complexity index is 1280. The number of amides is 1. The zero-order chi connectivity index (χ0) is 27.1. The number of rotatable bonds is 7. The molecule has 200 valence electrons. The molecule has 2 aromatic rings. The number of esters is 1. The summed E-state index contributed by atoms with van der Waals surface area (Å²) in [6.45, 7) is 7.15. The second-order valence-corrected chi connectivity index (χ2v) is 14.4. The second kappa shape index (κ2) is 10.6. The van der Waals surface area contributed by atoms with Crippen molar-refractivity contribution in [2.24, 2.45) is 11.3 Å². The lowest BCUT2D eigenvalue weighted by Gasteiger charge is -2.52. The summed E-state index contributed by atoms with van der Waals surface area (Å²) in [5.74, 6) is -1.26. The quantitative estimate of drug-likeness (QED) is 0.394. The van der Waals surface area contributed by atoms with Crippen LogP contribution in [0.25, 0.3) is 0 Å². The summed E-state index contributed by atoms with van der Waals surface area (Å²) in [6, 6.07) is 13.7. The molecule has 2 aliphatic heterocycles. The predicted octanol–water partition coefficient (Wildman–Crippen LogP) is 5.83. The third-order valence-corrected chi connectivity index (χ3v) is 10.4. The molecule has 1 amide bonds. The number of carbonyl (C=O) groups is 2. The van der Waals surface area contributed by atoms with Crippen molar-refractivity contribution < 1.29 is 22.7 Å². The molecule has 0 aromatic heterocycles. The summed E-state index contributed by atoms with van der Waals surface area (Å²) in [6.07, 6.45) is 0.345. The molecule has 0 bridgehead atoms. The van der Waals surface area contributed by atoms with Crippen molar-refractivity contribution in [2.75, 3.05) is 12.4 Å². The van der Waals surface area contributed by atoms with E-state index in [4.69, 9.17) is 27.9 Å². The average molecular weight is 567 g/mol. The number of sulfone groups is 1. The van der Waals surface area contributed by atoms with Gasteiger partial charge in [0.2, 0.25) is 5.91 Å². The molecule has 9 heteroatoms. The number of halogens is 2. The highest BCUT2D eigenvalue weighted by molar-refractivity contribution is 7.92. The van der Waals surface area contributed by atoms with E-state index in [2.05, 4.69) is 0 Å². The van der Waals surface area contributed by atoms with Crippen molar-refractivity contribution >= 4 is 44.9 Å². The third-order valence-electron chi connectivity index (χ3n) is 7.71. The molecule has 2 heterocycles. The molecular formula is C28H33Cl2NO5S. The van der Waals surface area contributed by atoms with Gasteiger partial charge in [0, 0.05) is 22.0 Å². The number of nitrogens with zero attached hydrogens (tertiary/aromatic N) is 1. The Morgan fingerprint density at radius 2 is 1.68 bits per heavy atom. The zero-order valence-electron chi connectivity index (χ0n) is 21.5. The lowest BCUT2D eigenvalue weighted by molar-refractivity contribution is -0.156. The Morgan fingerprint density at radius 3 is 2.22 bits per heavy atom. The fraction of sp³-hybridized carbons (Fsp3) is 0.500. The first kappa shape index (κ1) is 27.9. The lowest BCUT2D eigenvalue weighted by atomic mass is 9.67. The first-order chi connectivity index (χ1) is 17.3. The highest BCUT2D eigenvalue weighted by Crippen LogP contribution is 2.54. The van der Waals surface area contributed by atoms with Gasteiger partial charge in [0.1, 0.15) is 6.61 Å². The summed E-state index contributed by atoms with van der Waals surface area (Å²) in [4.78, 5) is 28.5. The van der Waals surface area contributed by atoms with Crippen LogP contribution in [0.1, 0.15) is 63.6 Å². The summed E-state index contributed by atoms with van der Waals surface area (Å²) >= 11 is 12.6. The van der Waals surface area contributed by atoms with Gasteiger partial charge in [0.25, 0.3) is 0 Å². The Balaban J connectivity index is 1.95. The van der Waals surface area contributed by atoms with E-state index in [0.717, 1.165) is 11.1 Å². The van der Waals surface area contributed by atoms with Crippen LogP contribution in [-0.2, 0) is 24.2 Å². The Morgan fingerprint density at radius 1 is 1.00 bits per heavy atom. The molecule has 1 spiro atoms. The van der Waals surface area contributed by atoms with E-state index < -0.39 is 38.6 Å². The van der Waals surface area contributed by atoms with E-state index in [1.54, 1.807) is 36.9 Å². The van der Waals surface area contributed by atoms with E-state index >= 15 is 0 Å². The number of carbonyl (C=O) groups excluding carboxylic acids is 2. The van der Waals surface area contributed by atoms with E-state index in [1.165, 1.54) is 0 Å². The minimum atomic E-state index is -3.50. The van der Waals surface area contributed by atoms with Crippen LogP contribution in [0.5, 0.6) is 0 Å². The maximum absolute atomic E-state index is 14.4. The standard InChI is InChI=1S/C28H33Cl2NO5S/c1-17(2)24(15-37(34,35)18(3)4)31-26(19-8-10-21(29)11-9-19)23(20-6-5-7-22(30)12-20)13-28(27(31)33)14-25(32)36-16-28/h5-12,17-18,23-24,26H,13-16H2,1-4H3. The number of hydrogen-bond donors (Lipinski definition) is 0. The van der Waals surface area contributed by atoms with Crippen LogP contribution >= 0.6 is 23.2 Å². The van der Waals surface area contributed by atoms with Crippen LogP contribution in [0.4, 0.5) is 0 Å². The predicted molar refractivity (Wildman–Crippen MR) is 145 cm³/mol. The number of cyclic esters (lactones) is 1. The molecule has 2 aromatic carbocycles. The van der Waals surface area contributed by atoms with E-state index in [9.17, 15) is 18.0 Å². The van der Waals surface area contributed by atoms with Gasteiger partial charge in [-0.15, -0.1) is 0 Å². The normalized spacial score (nSPS) is 25.2. The molecule has 2 aliphatic rings. The molecule has 0 aliphatic carbocycles. The van der Waals surface area contributed by atoms with Crippen molar-refractivity contribution in [2.45, 2.75) is 63.8 Å². The van der Waals surface area contributed by atoms with Crippen molar-refractivity contribution in [3.05, 3.63) is 69.7 Å². The number of ether oxygens (including phenoxy) is 1. The van der Waals surface area contributed by atoms with Gasteiger partial charge < -0.3 is 9.64 Å². The number of hydrogen-bond acceptors (Lipinski definition) is 5. The molecular weight excluding hydrogens is 533 g/mol. The minimum absolute atomic E-state index is 0.0205. The largest absolute Gasteiger partial charge is 0.464 e. The summed E-state index contributed by atoms with van der Waals surface area (Å²) < 4.78 is 31.7. The van der Waals surface area contributed by atoms with Crippen LogP contribution in [-0.4, -0.2) is 48.8 Å². The molecule has 2 saturated heterocycles. The fourth-order valence-electron chi connectivity index (χ4n) is 5.55. The maximum atomic E-state index is 14.4. The lowest BCUT2D eigenvalue weighted by Crippen LogP contribution is -2.59. The highest BCUT2D eigenvalue weighted by atomic mass is 35.5. The SMILES string of the molecule is CC(C)C(CS(=O)(=O)C(C)C)N1C(=O)C2(COC(=O)C2)CC(c2cccc(Cl)c2)C1c1ccc(Cl)cc1. The van der Waals surface area contributed by atoms with Crippen LogP contribution in [0.2, 0.25) is 10.0 Å². The molecule has 6 nitrogen and oxygen atoms in total. The first-order valence-electron chi connectivity index (χ1n) is 12.6. The summed E-state index contributed by atoms with van der Waals surface area (Å²) in [5, 5.41) is 0.536. The van der Waals surface area contributed by atoms with Gasteiger partial charge in [-0.25, -0.2) is 8.42 Å². The molecule has 0 radical (unpaired) electrons. The number of benzene rings is 2. The summed E-state index contributed by atoms with van der Waals surface area (Å²) in [5.41, 5.74) is 0.690. The van der Waals surface area contributed by atoms with E-state index in [-0.39, 0.29) is 36.5 Å². The molecule has 37 heavy (non-hydrogen) atoms. The maximum Gasteiger partial charge on any atom is 0.307 e. The van der Waals surface area contributed by atoms with Crippen LogP contribution in [0.3, 0.4) is 0 Å².